The molecule has 0 aromatic rings. The van der Waals surface area contributed by atoms with Gasteiger partial charge >= 0.3 is 143 Å². The summed E-state index contributed by atoms with van der Waals surface area (Å²) in [6, 6.07) is 0. The van der Waals surface area contributed by atoms with E-state index in [0.29, 0.717) is 0 Å². The molecule has 8 N–H and O–H groups in total. The predicted molar refractivity (Wildman–Crippen MR) is 58.9 cm³/mol. The average molecular weight is 514 g/mol. The molecule has 0 saturated heterocycles. The van der Waals surface area contributed by atoms with Crippen LogP contribution in [0.5, 0.6) is 0 Å². The SMILES string of the molecule is O=C(O)O.O=C(O)O.O=C(O)O.O=C(O)O.O=P([O-])([O-])OP(=O)([O-])[O-].[Na+].[Na+].[Na+].[Na+]. The Morgan fingerprint density at radius 2 is 0.552 bits per heavy atom. The van der Waals surface area contributed by atoms with E-state index in [1.807, 2.05) is 0 Å². The van der Waals surface area contributed by atoms with Gasteiger partial charge < -0.3 is 73.9 Å². The smallest absolute Gasteiger partial charge is 0.790 e. The first-order chi connectivity index (χ1) is 10.6. The summed E-state index contributed by atoms with van der Waals surface area (Å²) in [6.07, 6.45) is -7.33. The average Bonchev–Trinajstić information content (AvgIpc) is 2.04. The quantitative estimate of drug-likeness (QED) is 0.125. The van der Waals surface area contributed by atoms with E-state index in [1.165, 1.54) is 0 Å². The van der Waals surface area contributed by atoms with Crippen LogP contribution in [0.1, 0.15) is 0 Å². The van der Waals surface area contributed by atoms with Crippen molar-refractivity contribution < 1.29 is 211 Å². The summed E-state index contributed by atoms with van der Waals surface area (Å²) >= 11 is 0. The molecule has 0 bridgehead atoms. The molecule has 0 saturated carbocycles. The van der Waals surface area contributed by atoms with E-state index in [0.717, 1.165) is 0 Å². The first-order valence-electron chi connectivity index (χ1n) is 4.07. The van der Waals surface area contributed by atoms with E-state index in [9.17, 15) is 28.7 Å². The van der Waals surface area contributed by atoms with Crippen LogP contribution in [-0.4, -0.2) is 65.5 Å². The maximum atomic E-state index is 9.32. The van der Waals surface area contributed by atoms with Gasteiger partial charge in [0.2, 0.25) is 0 Å². The molecule has 0 unspecified atom stereocenters. The zero-order chi connectivity index (χ0) is 22.0. The Kier molecular flexibility index (Phi) is 67.2. The first kappa shape index (κ1) is 57.4. The van der Waals surface area contributed by atoms with Crippen molar-refractivity contribution in [1.29, 1.82) is 0 Å². The normalized spacial score (nSPS) is 7.59. The van der Waals surface area contributed by atoms with Gasteiger partial charge in [-0.3, -0.25) is 0 Å². The van der Waals surface area contributed by atoms with Crippen molar-refractivity contribution >= 4 is 40.3 Å². The summed E-state index contributed by atoms with van der Waals surface area (Å²) in [5.74, 6) is 0. The second-order valence-corrected chi connectivity index (χ2v) is 4.55. The Hall–Kier alpha value is 1.34. The zero-order valence-corrected chi connectivity index (χ0v) is 24.8. The standard InChI is InChI=1S/4CH2O3.4Na.H4O7P2/c4*2-1(3)4;;;;;1-8(2,3)7-9(4,5)6/h4*(H2,2,3,4);;;;;(H2,1,2,3)(H2,4,5,6)/q;;;;4*+1;/p-4. The molecule has 0 aromatic heterocycles. The molecule has 0 aliphatic rings. The molecule has 0 spiro atoms. The van der Waals surface area contributed by atoms with E-state index in [-0.39, 0.29) is 118 Å². The minimum absolute atomic E-state index is 0. The molecule has 0 heterocycles. The van der Waals surface area contributed by atoms with E-state index in [2.05, 4.69) is 4.31 Å². The van der Waals surface area contributed by atoms with Gasteiger partial charge in [0.15, 0.2) is 0 Å². The third kappa shape index (κ3) is 407. The van der Waals surface area contributed by atoms with Gasteiger partial charge in [0.1, 0.15) is 0 Å². The topological polar surface area (TPSA) is 366 Å². The van der Waals surface area contributed by atoms with Crippen LogP contribution in [0.3, 0.4) is 0 Å². The van der Waals surface area contributed by atoms with Crippen molar-refractivity contribution in [2.24, 2.45) is 0 Å². The Morgan fingerprint density at radius 3 is 0.552 bits per heavy atom. The van der Waals surface area contributed by atoms with Crippen molar-refractivity contribution in [3.63, 3.8) is 0 Å². The Labute approximate surface area is 248 Å². The third-order valence-corrected chi connectivity index (χ3v) is 1.80. The summed E-state index contributed by atoms with van der Waals surface area (Å²) in [7, 11) is -11.4. The van der Waals surface area contributed by atoms with E-state index < -0.39 is 40.3 Å². The second kappa shape index (κ2) is 34.0. The van der Waals surface area contributed by atoms with Crippen LogP contribution in [0, 0.1) is 0 Å². The summed E-state index contributed by atoms with van der Waals surface area (Å²) in [4.78, 5) is 71.5. The summed E-state index contributed by atoms with van der Waals surface area (Å²) in [6.45, 7) is 0. The van der Waals surface area contributed by atoms with Gasteiger partial charge in [-0.1, -0.05) is 0 Å². The first-order valence-corrected chi connectivity index (χ1v) is 6.99. The number of carbonyl (C=O) groups is 4. The van der Waals surface area contributed by atoms with E-state index in [4.69, 9.17) is 60.0 Å². The van der Waals surface area contributed by atoms with Gasteiger partial charge in [-0.2, -0.15) is 0 Å². The van der Waals surface area contributed by atoms with Crippen molar-refractivity contribution in [3.8, 4) is 0 Å². The third-order valence-electron chi connectivity index (χ3n) is 0.200. The monoisotopic (exact) mass is 514 g/mol. The molecule has 0 atom stereocenters. The summed E-state index contributed by atoms with van der Waals surface area (Å²) in [5, 5.41) is 55.8. The van der Waals surface area contributed by atoms with Gasteiger partial charge in [0, 0.05) is 0 Å². The van der Waals surface area contributed by atoms with Crippen LogP contribution in [0.2, 0.25) is 0 Å². The molecule has 0 aliphatic carbocycles. The Bertz CT molecular complexity index is 412. The van der Waals surface area contributed by atoms with Gasteiger partial charge in [0.25, 0.3) is 0 Å². The van der Waals surface area contributed by atoms with Crippen molar-refractivity contribution in [3.05, 3.63) is 0 Å². The minimum atomic E-state index is -5.68. The van der Waals surface area contributed by atoms with E-state index in [1.54, 1.807) is 0 Å². The van der Waals surface area contributed by atoms with Crippen LogP contribution < -0.4 is 138 Å². The number of rotatable bonds is 2. The molecule has 0 fully saturated rings. The maximum Gasteiger partial charge on any atom is 1.00 e. The molecule has 152 valence electrons. The molecule has 19 nitrogen and oxygen atoms in total. The maximum absolute atomic E-state index is 9.32. The molecule has 0 aromatic carbocycles. The molecular weight excluding hydrogens is 506 g/mol. The van der Waals surface area contributed by atoms with Gasteiger partial charge in [-0.15, -0.1) is 0 Å². The molecule has 0 rings (SSSR count). The largest absolute Gasteiger partial charge is 1.00 e. The van der Waals surface area contributed by atoms with Crippen LogP contribution in [0.25, 0.3) is 0 Å². The van der Waals surface area contributed by atoms with Gasteiger partial charge in [0.05, 0.1) is 15.6 Å². The summed E-state index contributed by atoms with van der Waals surface area (Å²) in [5.41, 5.74) is 0. The summed E-state index contributed by atoms with van der Waals surface area (Å²) < 4.78 is 21.2. The Morgan fingerprint density at radius 1 is 0.483 bits per heavy atom. The fourth-order valence-electron chi connectivity index (χ4n) is 0.122. The van der Waals surface area contributed by atoms with Crippen molar-refractivity contribution in [1.82, 2.24) is 0 Å². The fraction of sp³-hybridized carbons (Fsp3) is 0. The number of hydrogen-bond donors (Lipinski definition) is 8. The van der Waals surface area contributed by atoms with Crippen LogP contribution >= 0.6 is 15.6 Å². The number of carboxylic acid groups (broad SMARTS) is 8. The van der Waals surface area contributed by atoms with Crippen molar-refractivity contribution in [2.45, 2.75) is 0 Å². The van der Waals surface area contributed by atoms with Crippen molar-refractivity contribution in [2.75, 3.05) is 0 Å². The van der Waals surface area contributed by atoms with Crippen LogP contribution in [0.4, 0.5) is 19.2 Å². The van der Waals surface area contributed by atoms with Crippen LogP contribution in [-0.2, 0) is 13.4 Å². The number of hydrogen-bond acceptors (Lipinski definition) is 11. The Balaban J connectivity index is -0.0000000251. The second-order valence-electron chi connectivity index (χ2n) is 2.11. The number of phosphoric acid groups is 2. The van der Waals surface area contributed by atoms with E-state index >= 15 is 0 Å². The molecule has 29 heavy (non-hydrogen) atoms. The van der Waals surface area contributed by atoms with Crippen LogP contribution in [0.15, 0.2) is 0 Å². The molecule has 0 aliphatic heterocycles. The fourth-order valence-corrected chi connectivity index (χ4v) is 1.10. The van der Waals surface area contributed by atoms with Gasteiger partial charge in [-0.25, -0.2) is 19.2 Å². The molecule has 0 radical (unpaired) electrons. The minimum Gasteiger partial charge on any atom is -0.790 e. The van der Waals surface area contributed by atoms with Gasteiger partial charge in [-0.05, 0) is 0 Å². The molecule has 0 amide bonds. The zero-order valence-electron chi connectivity index (χ0n) is 15.0. The predicted octanol–water partition coefficient (Wildman–Crippen LogP) is -14.4. The molecular formula is C4H8Na4O19P2. The molecule has 25 heteroatoms.